The number of fused-ring (bicyclic) bond motifs is 5. The topological polar surface area (TPSA) is 57.1 Å². The van der Waals surface area contributed by atoms with Crippen molar-refractivity contribution in [2.75, 3.05) is 5.32 Å². The van der Waals surface area contributed by atoms with Gasteiger partial charge >= 0.3 is 0 Å². The molecule has 170 valence electrons. The van der Waals surface area contributed by atoms with Crippen molar-refractivity contribution in [3.63, 3.8) is 0 Å². The first-order valence-electron chi connectivity index (χ1n) is 11.8. The predicted molar refractivity (Wildman–Crippen MR) is 130 cm³/mol. The smallest absolute Gasteiger partial charge is 0.138 e. The van der Waals surface area contributed by atoms with Crippen LogP contribution in [0, 0.1) is 17.7 Å². The Labute approximate surface area is 193 Å². The van der Waals surface area contributed by atoms with Gasteiger partial charge in [-0.05, 0) is 49.3 Å². The van der Waals surface area contributed by atoms with Gasteiger partial charge in [-0.1, -0.05) is 38.3 Å². The van der Waals surface area contributed by atoms with Crippen LogP contribution >= 0.6 is 11.6 Å². The average Bonchev–Trinajstić information content (AvgIpc) is 3.40. The second-order valence-corrected chi connectivity index (χ2v) is 9.45. The van der Waals surface area contributed by atoms with Gasteiger partial charge < -0.3 is 14.9 Å². The van der Waals surface area contributed by atoms with E-state index >= 15 is 0 Å². The van der Waals surface area contributed by atoms with Crippen LogP contribution in [0.2, 0.25) is 5.02 Å². The zero-order chi connectivity index (χ0) is 22.4. The Balaban J connectivity index is 0.00000105. The number of nitrogens with zero attached hydrogens (tertiary/aromatic N) is 2. The van der Waals surface area contributed by atoms with E-state index in [9.17, 15) is 4.39 Å². The van der Waals surface area contributed by atoms with Crippen LogP contribution in [-0.2, 0) is 7.05 Å². The van der Waals surface area contributed by atoms with Crippen LogP contribution in [0.15, 0.2) is 35.6 Å². The average molecular weight is 456 g/mol. The highest BCUT2D eigenvalue weighted by atomic mass is 35.5. The Bertz CT molecular complexity index is 1150. The Kier molecular flexibility index (Phi) is 5.76. The van der Waals surface area contributed by atoms with Crippen LogP contribution in [0.5, 0.6) is 0 Å². The molecular formula is C25H31ClFN5. The molecule has 3 aliphatic carbocycles. The largest absolute Gasteiger partial charge is 0.359 e. The number of aromatic nitrogens is 2. The van der Waals surface area contributed by atoms with E-state index in [-0.39, 0.29) is 12.0 Å². The Morgan fingerprint density at radius 2 is 1.97 bits per heavy atom. The lowest BCUT2D eigenvalue weighted by atomic mass is 9.68. The third kappa shape index (κ3) is 3.63. The Morgan fingerprint density at radius 1 is 1.19 bits per heavy atom. The molecular weight excluding hydrogens is 425 g/mol. The van der Waals surface area contributed by atoms with Gasteiger partial charge in [0.25, 0.3) is 0 Å². The van der Waals surface area contributed by atoms with Gasteiger partial charge in [0.2, 0.25) is 0 Å². The Hall–Kier alpha value is -2.31. The molecule has 2 aromatic heterocycles. The molecule has 0 radical (unpaired) electrons. The van der Waals surface area contributed by atoms with E-state index in [1.54, 1.807) is 0 Å². The molecule has 1 aliphatic heterocycles. The van der Waals surface area contributed by atoms with Crippen molar-refractivity contribution in [1.82, 2.24) is 14.9 Å². The van der Waals surface area contributed by atoms with E-state index in [1.807, 2.05) is 27.1 Å². The predicted octanol–water partition coefficient (Wildman–Crippen LogP) is 6.36. The molecule has 3 heterocycles. The van der Waals surface area contributed by atoms with Crippen molar-refractivity contribution in [1.29, 1.82) is 0 Å². The highest BCUT2D eigenvalue weighted by Crippen LogP contribution is 2.43. The van der Waals surface area contributed by atoms with Gasteiger partial charge in [-0.15, -0.1) is 0 Å². The molecule has 3 saturated carbocycles. The molecule has 3 N–H and O–H groups in total. The van der Waals surface area contributed by atoms with Crippen molar-refractivity contribution in [2.45, 2.75) is 58.2 Å². The molecule has 2 bridgehead atoms. The van der Waals surface area contributed by atoms with Gasteiger partial charge in [0.15, 0.2) is 0 Å². The highest BCUT2D eigenvalue weighted by molar-refractivity contribution is 6.35. The van der Waals surface area contributed by atoms with E-state index < -0.39 is 0 Å². The number of nitrogens with one attached hydrogen (secondary N) is 3. The molecule has 0 amide bonds. The first kappa shape index (κ1) is 21.5. The maximum atomic E-state index is 14.1. The zero-order valence-electron chi connectivity index (χ0n) is 18.9. The summed E-state index contributed by atoms with van der Waals surface area (Å²) in [4.78, 5) is 8.25. The first-order chi connectivity index (χ1) is 15.6. The molecule has 3 aromatic rings. The number of benzene rings is 1. The number of rotatable bonds is 3. The van der Waals surface area contributed by atoms with Gasteiger partial charge in [-0.2, -0.15) is 0 Å². The maximum absolute atomic E-state index is 14.1. The molecule has 2 atom stereocenters. The standard InChI is InChI=1S/C23H25ClFN5.C2H6/c1-30-7-6-15-21(27-19-8-12-2-4-13(19)5-3-12)28-22(29-23(15)30)17-11-26-20-16(17)9-14(25)10-18(20)24;1-2/h6-7,9-13,19,21,26-27H,2-5,8H2,1H3,(H,28,29);1-2H3. The van der Waals surface area contributed by atoms with E-state index in [0.717, 1.165) is 45.5 Å². The molecule has 0 spiro atoms. The normalized spacial score (nSPS) is 26.2. The number of aromatic amines is 1. The van der Waals surface area contributed by atoms with E-state index in [2.05, 4.69) is 32.4 Å². The summed E-state index contributed by atoms with van der Waals surface area (Å²) < 4.78 is 16.1. The zero-order valence-corrected chi connectivity index (χ0v) is 19.6. The van der Waals surface area contributed by atoms with Crippen molar-refractivity contribution in [2.24, 2.45) is 23.9 Å². The summed E-state index contributed by atoms with van der Waals surface area (Å²) in [5, 5.41) is 8.45. The fraction of sp³-hybridized carbons (Fsp3) is 0.480. The summed E-state index contributed by atoms with van der Waals surface area (Å²) in [7, 11) is 2.03. The number of aryl methyl sites for hydroxylation is 1. The first-order valence-corrected chi connectivity index (χ1v) is 12.2. The minimum Gasteiger partial charge on any atom is -0.359 e. The number of amidine groups is 1. The van der Waals surface area contributed by atoms with Crippen LogP contribution in [0.1, 0.15) is 63.2 Å². The summed E-state index contributed by atoms with van der Waals surface area (Å²) >= 11 is 6.25. The molecule has 4 aliphatic rings. The van der Waals surface area contributed by atoms with Crippen molar-refractivity contribution in [3.05, 3.63) is 52.6 Å². The van der Waals surface area contributed by atoms with E-state index in [0.29, 0.717) is 11.1 Å². The lowest BCUT2D eigenvalue weighted by Crippen LogP contribution is -2.46. The molecule has 2 unspecified atom stereocenters. The van der Waals surface area contributed by atoms with Gasteiger partial charge in [0.1, 0.15) is 23.6 Å². The molecule has 32 heavy (non-hydrogen) atoms. The number of hydrogen-bond donors (Lipinski definition) is 3. The van der Waals surface area contributed by atoms with Gasteiger partial charge in [-0.3, -0.25) is 5.32 Å². The molecule has 5 nitrogen and oxygen atoms in total. The van der Waals surface area contributed by atoms with Crippen LogP contribution < -0.4 is 10.6 Å². The van der Waals surface area contributed by atoms with Crippen LogP contribution in [0.25, 0.3) is 10.9 Å². The fourth-order valence-electron chi connectivity index (χ4n) is 5.67. The summed E-state index contributed by atoms with van der Waals surface area (Å²) in [6, 6.07) is 5.49. The number of H-pyrrole nitrogens is 1. The second kappa shape index (κ2) is 8.56. The van der Waals surface area contributed by atoms with Crippen molar-refractivity contribution in [3.8, 4) is 0 Å². The van der Waals surface area contributed by atoms with Crippen LogP contribution in [0.3, 0.4) is 0 Å². The fourth-order valence-corrected chi connectivity index (χ4v) is 5.93. The summed E-state index contributed by atoms with van der Waals surface area (Å²) in [5.74, 6) is 3.01. The molecule has 3 fully saturated rings. The minimum atomic E-state index is -0.350. The van der Waals surface area contributed by atoms with E-state index in [1.165, 1.54) is 44.2 Å². The van der Waals surface area contributed by atoms with Gasteiger partial charge in [0.05, 0.1) is 10.5 Å². The molecule has 7 rings (SSSR count). The lowest BCUT2D eigenvalue weighted by molar-refractivity contribution is 0.116. The van der Waals surface area contributed by atoms with Crippen molar-refractivity contribution >= 4 is 34.2 Å². The number of hydrogen-bond acceptors (Lipinski definition) is 3. The maximum Gasteiger partial charge on any atom is 0.138 e. The molecule has 1 aromatic carbocycles. The number of anilines is 1. The number of halogens is 2. The summed E-state index contributed by atoms with van der Waals surface area (Å²) in [6.45, 7) is 4.00. The third-order valence-electron chi connectivity index (χ3n) is 7.27. The quantitative estimate of drug-likeness (QED) is 0.430. The monoisotopic (exact) mass is 455 g/mol. The summed E-state index contributed by atoms with van der Waals surface area (Å²) in [5.41, 5.74) is 2.71. The van der Waals surface area contributed by atoms with Crippen molar-refractivity contribution < 1.29 is 4.39 Å². The minimum absolute atomic E-state index is 0.115. The highest BCUT2D eigenvalue weighted by Gasteiger charge is 2.37. The lowest BCUT2D eigenvalue weighted by Gasteiger charge is -2.44. The van der Waals surface area contributed by atoms with E-state index in [4.69, 9.17) is 16.6 Å². The summed E-state index contributed by atoms with van der Waals surface area (Å²) in [6.07, 6.45) is 10.5. The Morgan fingerprint density at radius 3 is 2.69 bits per heavy atom. The molecule has 0 saturated heterocycles. The SMILES string of the molecule is CC.Cn1ccc2c1NC(c1c[nH]c3c(Cl)cc(F)cc13)=NC2NC1CC2CCC1CC2. The number of aliphatic imine (C=N–C) groups is 1. The van der Waals surface area contributed by atoms with Gasteiger partial charge in [0, 0.05) is 42.0 Å². The van der Waals surface area contributed by atoms with Crippen LogP contribution in [-0.4, -0.2) is 21.4 Å². The molecule has 7 heteroatoms. The second-order valence-electron chi connectivity index (χ2n) is 9.04. The van der Waals surface area contributed by atoms with Crippen LogP contribution in [0.4, 0.5) is 10.2 Å². The van der Waals surface area contributed by atoms with Gasteiger partial charge in [-0.25, -0.2) is 9.38 Å². The third-order valence-corrected chi connectivity index (χ3v) is 7.57.